The number of halogens is 4. The summed E-state index contributed by atoms with van der Waals surface area (Å²) in [7, 11) is 0. The van der Waals surface area contributed by atoms with Crippen LogP contribution in [0.5, 0.6) is 0 Å². The molecule has 1 heterocycles. The van der Waals surface area contributed by atoms with Gasteiger partial charge < -0.3 is 5.32 Å². The van der Waals surface area contributed by atoms with Crippen LogP contribution in [-0.4, -0.2) is 4.98 Å². The van der Waals surface area contributed by atoms with Crippen molar-refractivity contribution in [2.75, 3.05) is 5.32 Å². The number of aryl methyl sites for hydroxylation is 1. The Morgan fingerprint density at radius 1 is 1.30 bits per heavy atom. The van der Waals surface area contributed by atoms with Gasteiger partial charge in [0.2, 0.25) is 0 Å². The van der Waals surface area contributed by atoms with Crippen LogP contribution in [-0.2, 0) is 6.18 Å². The van der Waals surface area contributed by atoms with E-state index in [1.807, 2.05) is 19.2 Å². The third kappa shape index (κ3) is 3.73. The van der Waals surface area contributed by atoms with Crippen molar-refractivity contribution < 1.29 is 13.2 Å². The third-order valence-corrected chi connectivity index (χ3v) is 3.94. The second-order valence-corrected chi connectivity index (χ2v) is 6.36. The molecule has 0 radical (unpaired) electrons. The van der Waals surface area contributed by atoms with Crippen molar-refractivity contribution in [3.63, 3.8) is 0 Å². The summed E-state index contributed by atoms with van der Waals surface area (Å²) in [4.78, 5) is 4.32. The van der Waals surface area contributed by atoms with E-state index in [1.54, 1.807) is 6.07 Å². The molecule has 0 aliphatic rings. The van der Waals surface area contributed by atoms with Crippen molar-refractivity contribution in [2.24, 2.45) is 0 Å². The van der Waals surface area contributed by atoms with Crippen LogP contribution in [0.15, 0.2) is 28.1 Å². The molecule has 108 valence electrons. The molecule has 0 bridgehead atoms. The van der Waals surface area contributed by atoms with Crippen molar-refractivity contribution in [3.05, 3.63) is 44.3 Å². The molecule has 2 rings (SSSR count). The van der Waals surface area contributed by atoms with Crippen LogP contribution in [0.25, 0.3) is 0 Å². The molecule has 1 N–H and O–H groups in total. The summed E-state index contributed by atoms with van der Waals surface area (Å²) >= 11 is 4.62. The van der Waals surface area contributed by atoms with Gasteiger partial charge in [0.05, 0.1) is 22.3 Å². The predicted octanol–water partition coefficient (Wildman–Crippen LogP) is 5.41. The largest absolute Gasteiger partial charge is 0.416 e. The lowest BCUT2D eigenvalue weighted by Gasteiger charge is -2.15. The minimum atomic E-state index is -4.36. The fourth-order valence-electron chi connectivity index (χ4n) is 1.74. The van der Waals surface area contributed by atoms with Gasteiger partial charge in [-0.1, -0.05) is 15.9 Å². The molecule has 2 aromatic rings. The number of benzene rings is 1. The van der Waals surface area contributed by atoms with Crippen LogP contribution in [0.1, 0.15) is 29.2 Å². The quantitative estimate of drug-likeness (QED) is 0.787. The van der Waals surface area contributed by atoms with Gasteiger partial charge in [0.1, 0.15) is 0 Å². The van der Waals surface area contributed by atoms with Crippen LogP contribution in [0, 0.1) is 6.92 Å². The van der Waals surface area contributed by atoms with Crippen LogP contribution in [0.2, 0.25) is 0 Å². The minimum absolute atomic E-state index is 0.157. The molecular weight excluding hydrogens is 353 g/mol. The molecular formula is C13H12BrF3N2S. The Labute approximate surface area is 127 Å². The van der Waals surface area contributed by atoms with Crippen molar-refractivity contribution in [1.82, 2.24) is 4.98 Å². The van der Waals surface area contributed by atoms with Crippen molar-refractivity contribution in [3.8, 4) is 0 Å². The first-order valence-electron chi connectivity index (χ1n) is 5.82. The molecule has 0 aliphatic carbocycles. The maximum atomic E-state index is 12.8. The van der Waals surface area contributed by atoms with Gasteiger partial charge in [0, 0.05) is 15.5 Å². The van der Waals surface area contributed by atoms with Gasteiger partial charge in [-0.2, -0.15) is 13.2 Å². The first kappa shape index (κ1) is 15.3. The highest BCUT2D eigenvalue weighted by Crippen LogP contribution is 2.34. The van der Waals surface area contributed by atoms with E-state index in [0.717, 1.165) is 22.8 Å². The molecule has 0 spiro atoms. The standard InChI is InChI=1S/C13H12BrF3N2S/c1-7(12-6-20-8(2)19-12)18-11-4-9(13(15,16)17)3-10(14)5-11/h3-7,18H,1-2H3. The number of aromatic nitrogens is 1. The van der Waals surface area contributed by atoms with Crippen LogP contribution >= 0.6 is 27.3 Å². The lowest BCUT2D eigenvalue weighted by Crippen LogP contribution is -2.10. The maximum Gasteiger partial charge on any atom is 0.416 e. The molecule has 0 saturated carbocycles. The summed E-state index contributed by atoms with van der Waals surface area (Å²) in [5.41, 5.74) is 0.543. The van der Waals surface area contributed by atoms with E-state index >= 15 is 0 Å². The number of hydrogen-bond donors (Lipinski definition) is 1. The van der Waals surface area contributed by atoms with E-state index < -0.39 is 11.7 Å². The first-order chi connectivity index (χ1) is 9.25. The average Bonchev–Trinajstić information content (AvgIpc) is 2.74. The molecule has 7 heteroatoms. The number of nitrogens with zero attached hydrogens (tertiary/aromatic N) is 1. The zero-order valence-electron chi connectivity index (χ0n) is 10.8. The van der Waals surface area contributed by atoms with E-state index in [-0.39, 0.29) is 6.04 Å². The van der Waals surface area contributed by atoms with Crippen molar-refractivity contribution in [1.29, 1.82) is 0 Å². The van der Waals surface area contributed by atoms with E-state index in [2.05, 4.69) is 26.2 Å². The SMILES string of the molecule is Cc1nc(C(C)Nc2cc(Br)cc(C(F)(F)F)c2)cs1. The zero-order valence-corrected chi connectivity index (χ0v) is 13.2. The fraction of sp³-hybridized carbons (Fsp3) is 0.308. The van der Waals surface area contributed by atoms with Gasteiger partial charge in [-0.3, -0.25) is 0 Å². The number of hydrogen-bond acceptors (Lipinski definition) is 3. The number of rotatable bonds is 3. The highest BCUT2D eigenvalue weighted by atomic mass is 79.9. The average molecular weight is 365 g/mol. The summed E-state index contributed by atoms with van der Waals surface area (Å²) in [5.74, 6) is 0. The first-order valence-corrected chi connectivity index (χ1v) is 7.49. The molecule has 1 aromatic heterocycles. The summed E-state index contributed by atoms with van der Waals surface area (Å²) in [5, 5.41) is 5.87. The molecule has 2 nitrogen and oxygen atoms in total. The van der Waals surface area contributed by atoms with Crippen LogP contribution < -0.4 is 5.32 Å². The van der Waals surface area contributed by atoms with Gasteiger partial charge in [0.15, 0.2) is 0 Å². The van der Waals surface area contributed by atoms with Gasteiger partial charge in [0.25, 0.3) is 0 Å². The smallest absolute Gasteiger partial charge is 0.377 e. The predicted molar refractivity (Wildman–Crippen MR) is 78.0 cm³/mol. The molecule has 1 atom stereocenters. The summed E-state index contributed by atoms with van der Waals surface area (Å²) < 4.78 is 38.6. The topological polar surface area (TPSA) is 24.9 Å². The summed E-state index contributed by atoms with van der Waals surface area (Å²) in [6.07, 6.45) is -4.36. The fourth-order valence-corrected chi connectivity index (χ4v) is 2.94. The molecule has 0 saturated heterocycles. The lowest BCUT2D eigenvalue weighted by atomic mass is 10.1. The molecule has 0 fully saturated rings. The molecule has 20 heavy (non-hydrogen) atoms. The monoisotopic (exact) mass is 364 g/mol. The molecule has 0 amide bonds. The van der Waals surface area contributed by atoms with E-state index in [0.29, 0.717) is 10.2 Å². The highest BCUT2D eigenvalue weighted by Gasteiger charge is 2.31. The second-order valence-electron chi connectivity index (χ2n) is 4.38. The number of thiazole rings is 1. The molecule has 1 unspecified atom stereocenters. The van der Waals surface area contributed by atoms with E-state index in [1.165, 1.54) is 11.3 Å². The number of nitrogens with one attached hydrogen (secondary N) is 1. The van der Waals surface area contributed by atoms with Gasteiger partial charge in [-0.15, -0.1) is 11.3 Å². The van der Waals surface area contributed by atoms with Gasteiger partial charge in [-0.05, 0) is 32.0 Å². The second kappa shape index (κ2) is 5.73. The van der Waals surface area contributed by atoms with Gasteiger partial charge >= 0.3 is 6.18 Å². The Morgan fingerprint density at radius 2 is 2.00 bits per heavy atom. The van der Waals surface area contributed by atoms with Crippen LogP contribution in [0.4, 0.5) is 18.9 Å². The van der Waals surface area contributed by atoms with Crippen LogP contribution in [0.3, 0.4) is 0 Å². The third-order valence-electron chi connectivity index (χ3n) is 2.69. The Kier molecular flexibility index (Phi) is 4.39. The number of alkyl halides is 3. The summed E-state index contributed by atoms with van der Waals surface area (Å²) in [6.45, 7) is 3.75. The zero-order chi connectivity index (χ0) is 14.9. The van der Waals surface area contributed by atoms with Crippen molar-refractivity contribution in [2.45, 2.75) is 26.1 Å². The van der Waals surface area contributed by atoms with E-state index in [4.69, 9.17) is 0 Å². The van der Waals surface area contributed by atoms with Gasteiger partial charge in [-0.25, -0.2) is 4.98 Å². The normalized spacial score (nSPS) is 13.3. The molecule has 1 aromatic carbocycles. The Bertz CT molecular complexity index is 610. The highest BCUT2D eigenvalue weighted by molar-refractivity contribution is 9.10. The van der Waals surface area contributed by atoms with Crippen molar-refractivity contribution >= 4 is 33.0 Å². The minimum Gasteiger partial charge on any atom is -0.377 e. The Hall–Kier alpha value is -1.08. The lowest BCUT2D eigenvalue weighted by molar-refractivity contribution is -0.137. The maximum absolute atomic E-state index is 12.8. The Morgan fingerprint density at radius 3 is 2.55 bits per heavy atom. The number of anilines is 1. The molecule has 0 aliphatic heterocycles. The van der Waals surface area contributed by atoms with E-state index in [9.17, 15) is 13.2 Å². The summed E-state index contributed by atoms with van der Waals surface area (Å²) in [6, 6.07) is 3.62. The Balaban J connectivity index is 2.23.